The van der Waals surface area contributed by atoms with Crippen molar-refractivity contribution >= 4 is 86.8 Å². The Morgan fingerprint density at radius 1 is 0.821 bits per heavy atom. The molecular weight excluding hydrogens is 1010 g/mol. The number of aryl methyl sites for hydroxylation is 1. The highest BCUT2D eigenvalue weighted by molar-refractivity contribution is 14.1. The van der Waals surface area contributed by atoms with E-state index < -0.39 is 23.4 Å². The molecule has 2 saturated heterocycles. The standard InChI is InChI=1S/C24H31ClIN5O3.C24H30ClN5O3/c1-5-12-27-21(32)19-20(26)29-22(31(19)14-16-9-6-7-11-18(16)25)30-13-8-10-17(15-30)28-23(33)34-24(2,3)4;1-15-12-26-21(31)20-19(15)28-22(30(20)13-16-8-5-6-10-18(16)25)29-11-7-9-17(14-29)27-23(32)33-24(2,3)4/h5-7,9,11,17H,1,8,10,12-15H2,2-4H3,(H,27,32)(H,28,33);5-6,8,10,12,17H,7,9,11,13-14H2,1-4H3,(H,26,31)(H,27,32)/t2*17-/m11/s1. The molecule has 2 atom stereocenters. The topological polar surface area (TPSA) is 181 Å². The molecule has 67 heavy (non-hydrogen) atoms. The Kier molecular flexibility index (Phi) is 17.0. The summed E-state index contributed by atoms with van der Waals surface area (Å²) in [7, 11) is 0. The number of hydrogen-bond acceptors (Lipinski definition) is 10. The Balaban J connectivity index is 0.000000221. The van der Waals surface area contributed by atoms with Crippen molar-refractivity contribution in [3.8, 4) is 0 Å². The number of aromatic amines is 1. The number of nitrogens with zero attached hydrogens (tertiary/aromatic N) is 6. The summed E-state index contributed by atoms with van der Waals surface area (Å²) < 4.78 is 15.3. The second-order valence-corrected chi connectivity index (χ2v) is 20.5. The number of fused-ring (bicyclic) bond motifs is 1. The lowest BCUT2D eigenvalue weighted by Crippen LogP contribution is -2.49. The van der Waals surface area contributed by atoms with Crippen LogP contribution in [0.4, 0.5) is 21.5 Å². The molecule has 0 unspecified atom stereocenters. The van der Waals surface area contributed by atoms with Crippen molar-refractivity contribution in [2.24, 2.45) is 0 Å². The summed E-state index contributed by atoms with van der Waals surface area (Å²) >= 11 is 15.0. The van der Waals surface area contributed by atoms with Crippen molar-refractivity contribution in [2.75, 3.05) is 42.5 Å². The van der Waals surface area contributed by atoms with E-state index in [1.165, 1.54) is 0 Å². The van der Waals surface area contributed by atoms with Crippen LogP contribution in [0.2, 0.25) is 10.0 Å². The molecule has 2 aliphatic rings. The molecule has 2 aromatic carbocycles. The van der Waals surface area contributed by atoms with Crippen molar-refractivity contribution in [3.05, 3.63) is 114 Å². The lowest BCUT2D eigenvalue weighted by atomic mass is 10.1. The second-order valence-electron chi connectivity index (χ2n) is 18.7. The number of nitrogens with one attached hydrogen (secondary N) is 4. The molecule has 5 heterocycles. The first-order valence-corrected chi connectivity index (χ1v) is 24.2. The molecule has 16 nitrogen and oxygen atoms in total. The monoisotopic (exact) mass is 1070 g/mol. The van der Waals surface area contributed by atoms with Crippen LogP contribution in [0.5, 0.6) is 0 Å². The van der Waals surface area contributed by atoms with E-state index in [0.29, 0.717) is 75.1 Å². The van der Waals surface area contributed by atoms with Crippen LogP contribution >= 0.6 is 45.8 Å². The molecule has 360 valence electrons. The summed E-state index contributed by atoms with van der Waals surface area (Å²) in [6.45, 7) is 20.5. The molecule has 19 heteroatoms. The first kappa shape index (κ1) is 51.1. The van der Waals surface area contributed by atoms with Gasteiger partial charge in [-0.1, -0.05) is 65.7 Å². The molecule has 5 aromatic rings. The minimum Gasteiger partial charge on any atom is -0.444 e. The molecule has 2 fully saturated rings. The highest BCUT2D eigenvalue weighted by Crippen LogP contribution is 2.30. The molecule has 0 saturated carbocycles. The number of amides is 3. The third-order valence-corrected chi connectivity index (χ3v) is 12.4. The van der Waals surface area contributed by atoms with Gasteiger partial charge < -0.3 is 49.3 Å². The number of ether oxygens (including phenoxy) is 2. The minimum atomic E-state index is -0.562. The van der Waals surface area contributed by atoms with Gasteiger partial charge in [0.2, 0.25) is 11.9 Å². The number of piperidine rings is 2. The number of anilines is 2. The fourth-order valence-electron chi connectivity index (χ4n) is 8.01. The van der Waals surface area contributed by atoms with Gasteiger partial charge in [0.05, 0.1) is 13.1 Å². The number of rotatable bonds is 11. The molecular formula is C48H61Cl2IN10O6. The maximum Gasteiger partial charge on any atom is 0.407 e. The molecule has 3 aromatic heterocycles. The van der Waals surface area contributed by atoms with E-state index in [0.717, 1.165) is 55.5 Å². The van der Waals surface area contributed by atoms with Gasteiger partial charge in [0.15, 0.2) is 0 Å². The van der Waals surface area contributed by atoms with Crippen LogP contribution in [0.1, 0.15) is 94.4 Å². The quantitative estimate of drug-likeness (QED) is 0.0738. The van der Waals surface area contributed by atoms with Gasteiger partial charge in [-0.25, -0.2) is 19.6 Å². The van der Waals surface area contributed by atoms with Crippen LogP contribution < -0.4 is 31.3 Å². The van der Waals surface area contributed by atoms with Gasteiger partial charge in [0.1, 0.15) is 31.6 Å². The Morgan fingerprint density at radius 2 is 1.31 bits per heavy atom. The van der Waals surface area contributed by atoms with Crippen LogP contribution in [0, 0.1) is 10.6 Å². The predicted molar refractivity (Wildman–Crippen MR) is 273 cm³/mol. The second kappa shape index (κ2) is 22.2. The average molecular weight is 1070 g/mol. The van der Waals surface area contributed by atoms with E-state index in [2.05, 4.69) is 59.9 Å². The Bertz CT molecular complexity index is 2630. The zero-order valence-electron chi connectivity index (χ0n) is 39.2. The van der Waals surface area contributed by atoms with Crippen molar-refractivity contribution in [1.29, 1.82) is 0 Å². The van der Waals surface area contributed by atoms with Gasteiger partial charge in [-0.3, -0.25) is 9.59 Å². The minimum absolute atomic E-state index is 0.0819. The summed E-state index contributed by atoms with van der Waals surface area (Å²) in [6.07, 6.45) is 5.90. The van der Waals surface area contributed by atoms with Crippen molar-refractivity contribution < 1.29 is 23.9 Å². The third kappa shape index (κ3) is 13.7. The number of pyridine rings is 1. The molecule has 0 radical (unpaired) electrons. The van der Waals surface area contributed by atoms with Crippen LogP contribution in [0.3, 0.4) is 0 Å². The molecule has 4 N–H and O–H groups in total. The summed E-state index contributed by atoms with van der Waals surface area (Å²) in [6, 6.07) is 15.0. The van der Waals surface area contributed by atoms with E-state index in [-0.39, 0.29) is 23.6 Å². The van der Waals surface area contributed by atoms with Crippen LogP contribution in [-0.4, -0.2) is 98.2 Å². The van der Waals surface area contributed by atoms with Crippen molar-refractivity contribution in [3.63, 3.8) is 0 Å². The number of alkyl carbamates (subject to hydrolysis) is 2. The number of hydrogen-bond donors (Lipinski definition) is 4. The van der Waals surface area contributed by atoms with Gasteiger partial charge in [0.25, 0.3) is 11.5 Å². The fourth-order valence-corrected chi connectivity index (χ4v) is 9.15. The summed E-state index contributed by atoms with van der Waals surface area (Å²) in [5.41, 5.74) is 3.03. The normalized spacial score (nSPS) is 16.4. The first-order valence-electron chi connectivity index (χ1n) is 22.4. The number of benzene rings is 2. The van der Waals surface area contributed by atoms with Gasteiger partial charge in [-0.05, 0) is 126 Å². The number of carbonyl (C=O) groups excluding carboxylic acids is 3. The van der Waals surface area contributed by atoms with E-state index in [1.54, 1.807) is 12.3 Å². The number of imidazole rings is 2. The van der Waals surface area contributed by atoms with Crippen molar-refractivity contribution in [2.45, 2.75) is 111 Å². The summed E-state index contributed by atoms with van der Waals surface area (Å²) in [5, 5.41) is 10.1. The average Bonchev–Trinajstić information content (AvgIpc) is 3.80. The Labute approximate surface area is 415 Å². The van der Waals surface area contributed by atoms with Crippen molar-refractivity contribution in [1.82, 2.24) is 40.0 Å². The number of aromatic nitrogens is 5. The predicted octanol–water partition coefficient (Wildman–Crippen LogP) is 8.83. The first-order chi connectivity index (χ1) is 31.7. The number of H-pyrrole nitrogens is 1. The molecule has 0 bridgehead atoms. The van der Waals surface area contributed by atoms with Crippen LogP contribution in [0.25, 0.3) is 11.0 Å². The molecule has 2 aliphatic heterocycles. The zero-order chi connectivity index (χ0) is 48.6. The van der Waals surface area contributed by atoms with E-state index in [9.17, 15) is 19.2 Å². The fraction of sp³-hybridized carbons (Fsp3) is 0.458. The summed E-state index contributed by atoms with van der Waals surface area (Å²) in [4.78, 5) is 67.1. The number of carbonyl (C=O) groups is 3. The van der Waals surface area contributed by atoms with E-state index >= 15 is 0 Å². The Hall–Kier alpha value is -5.27. The maximum atomic E-state index is 13.0. The molecule has 3 amide bonds. The molecule has 7 rings (SSSR count). The van der Waals surface area contributed by atoms with Gasteiger partial charge in [-0.2, -0.15) is 0 Å². The van der Waals surface area contributed by atoms with Crippen LogP contribution in [0.15, 0.2) is 72.2 Å². The number of halogens is 3. The lowest BCUT2D eigenvalue weighted by molar-refractivity contribution is 0.0488. The smallest absolute Gasteiger partial charge is 0.407 e. The Morgan fingerprint density at radius 3 is 1.81 bits per heavy atom. The SMILES string of the molecule is C=CCNC(=O)c1c(I)nc(N2CCC[C@@H](NC(=O)OC(C)(C)C)C2)n1Cc1ccccc1Cl.Cc1c[nH]c(=O)c2c1nc(N1CCC[C@@H](NC(=O)OC(C)(C)C)C1)n2Cc1ccccc1Cl. The van der Waals surface area contributed by atoms with Gasteiger partial charge in [0, 0.05) is 61.0 Å². The molecule has 0 spiro atoms. The molecule has 0 aliphatic carbocycles. The van der Waals surface area contributed by atoms with E-state index in [4.69, 9.17) is 42.6 Å². The van der Waals surface area contributed by atoms with Gasteiger partial charge >= 0.3 is 12.2 Å². The largest absolute Gasteiger partial charge is 0.444 e. The van der Waals surface area contributed by atoms with Crippen LogP contribution in [-0.2, 0) is 22.6 Å². The highest BCUT2D eigenvalue weighted by Gasteiger charge is 2.31. The summed E-state index contributed by atoms with van der Waals surface area (Å²) in [5.74, 6) is 1.14. The lowest BCUT2D eigenvalue weighted by Gasteiger charge is -2.34. The zero-order valence-corrected chi connectivity index (χ0v) is 42.8. The highest BCUT2D eigenvalue weighted by atomic mass is 127. The van der Waals surface area contributed by atoms with E-state index in [1.807, 2.05) is 106 Å². The van der Waals surface area contributed by atoms with Gasteiger partial charge in [-0.15, -0.1) is 6.58 Å². The maximum absolute atomic E-state index is 13.0. The third-order valence-electron chi connectivity index (χ3n) is 10.9.